The van der Waals surface area contributed by atoms with Gasteiger partial charge in [0.1, 0.15) is 0 Å². The van der Waals surface area contributed by atoms with Crippen LogP contribution in [0.5, 0.6) is 0 Å². The molecule has 0 bridgehead atoms. The third-order valence-electron chi connectivity index (χ3n) is 4.58. The number of nitrogens with zero attached hydrogens (tertiary/aromatic N) is 2. The molecule has 0 saturated carbocycles. The minimum Gasteiger partial charge on any atom is -0.340 e. The quantitative estimate of drug-likeness (QED) is 0.698. The minimum absolute atomic E-state index is 0.124. The maximum Gasteiger partial charge on any atom is 0.264 e. The number of fused-ring (bicyclic) bond motifs is 1. The van der Waals surface area contributed by atoms with E-state index in [1.807, 2.05) is 24.1 Å². The number of carbonyl (C=O) groups is 1. The summed E-state index contributed by atoms with van der Waals surface area (Å²) in [5, 5.41) is 0. The van der Waals surface area contributed by atoms with E-state index >= 15 is 0 Å². The number of likely N-dealkylation sites (N-methyl/N-ethyl adjacent to an activating group) is 1. The molecule has 0 aliphatic carbocycles. The lowest BCUT2D eigenvalue weighted by molar-refractivity contribution is 0.0778. The van der Waals surface area contributed by atoms with Crippen LogP contribution >= 0.6 is 11.3 Å². The first-order chi connectivity index (χ1) is 11.6. The first kappa shape index (κ1) is 15.1. The van der Waals surface area contributed by atoms with Gasteiger partial charge in [-0.3, -0.25) is 9.78 Å². The van der Waals surface area contributed by atoms with Crippen LogP contribution in [0, 0.1) is 6.92 Å². The van der Waals surface area contributed by atoms with Gasteiger partial charge in [0.25, 0.3) is 5.91 Å². The normalized spacial score (nSPS) is 17.0. The summed E-state index contributed by atoms with van der Waals surface area (Å²) >= 11 is 1.58. The number of hydrogen-bond donors (Lipinski definition) is 0. The number of rotatable bonds is 2. The van der Waals surface area contributed by atoms with Crippen LogP contribution < -0.4 is 0 Å². The zero-order valence-electron chi connectivity index (χ0n) is 13.7. The number of thiophene rings is 1. The second kappa shape index (κ2) is 5.87. The molecule has 2 aromatic heterocycles. The van der Waals surface area contributed by atoms with Crippen LogP contribution in [-0.2, 0) is 0 Å². The number of benzene rings is 1. The number of aromatic nitrogens is 1. The van der Waals surface area contributed by atoms with E-state index in [1.54, 1.807) is 23.7 Å². The molecule has 1 atom stereocenters. The summed E-state index contributed by atoms with van der Waals surface area (Å²) in [5.74, 6) is 0.355. The third kappa shape index (κ3) is 2.53. The lowest BCUT2D eigenvalue weighted by Gasteiger charge is -2.30. The van der Waals surface area contributed by atoms with E-state index in [0.717, 1.165) is 27.4 Å². The van der Waals surface area contributed by atoms with Crippen LogP contribution in [0.15, 0.2) is 54.9 Å². The standard InChI is InChI=1S/C20H18N2OS/c1-13-3-5-14(6-4-13)17-12-22(2)20(23)19-16(17)11-18(24-19)15-7-9-21-10-8-15/h3-11,17H,12H2,1-2H3. The molecule has 24 heavy (non-hydrogen) atoms. The number of carbonyl (C=O) groups excluding carboxylic acids is 1. The Balaban J connectivity index is 1.83. The molecule has 3 aromatic rings. The van der Waals surface area contributed by atoms with E-state index in [-0.39, 0.29) is 11.8 Å². The lowest BCUT2D eigenvalue weighted by Crippen LogP contribution is -2.36. The number of aryl methyl sites for hydroxylation is 1. The van der Waals surface area contributed by atoms with Gasteiger partial charge in [-0.15, -0.1) is 11.3 Å². The van der Waals surface area contributed by atoms with E-state index in [1.165, 1.54) is 11.1 Å². The summed E-state index contributed by atoms with van der Waals surface area (Å²) in [6.45, 7) is 2.82. The highest BCUT2D eigenvalue weighted by Crippen LogP contribution is 2.41. The van der Waals surface area contributed by atoms with Crippen molar-refractivity contribution in [2.75, 3.05) is 13.6 Å². The molecular weight excluding hydrogens is 316 g/mol. The van der Waals surface area contributed by atoms with E-state index in [9.17, 15) is 4.79 Å². The fourth-order valence-corrected chi connectivity index (χ4v) is 4.42. The van der Waals surface area contributed by atoms with Crippen molar-refractivity contribution >= 4 is 17.2 Å². The van der Waals surface area contributed by atoms with Crippen molar-refractivity contribution in [2.45, 2.75) is 12.8 Å². The van der Waals surface area contributed by atoms with Crippen LogP contribution in [0.1, 0.15) is 32.3 Å². The van der Waals surface area contributed by atoms with Crippen molar-refractivity contribution in [3.05, 3.63) is 76.4 Å². The Labute approximate surface area is 145 Å². The van der Waals surface area contributed by atoms with Crippen LogP contribution in [0.2, 0.25) is 0 Å². The molecule has 4 rings (SSSR count). The highest BCUT2D eigenvalue weighted by Gasteiger charge is 2.32. The van der Waals surface area contributed by atoms with E-state index in [4.69, 9.17) is 0 Å². The van der Waals surface area contributed by atoms with Gasteiger partial charge in [0.15, 0.2) is 0 Å². The van der Waals surface area contributed by atoms with E-state index in [2.05, 4.69) is 42.2 Å². The molecule has 1 aliphatic heterocycles. The maximum absolute atomic E-state index is 12.6. The van der Waals surface area contributed by atoms with Crippen LogP contribution in [-0.4, -0.2) is 29.4 Å². The lowest BCUT2D eigenvalue weighted by atomic mass is 9.87. The summed E-state index contributed by atoms with van der Waals surface area (Å²) in [5.41, 5.74) is 4.78. The molecule has 0 fully saturated rings. The number of hydrogen-bond acceptors (Lipinski definition) is 3. The highest BCUT2D eigenvalue weighted by molar-refractivity contribution is 7.17. The van der Waals surface area contributed by atoms with Gasteiger partial charge < -0.3 is 4.90 Å². The number of amides is 1. The fraction of sp³-hybridized carbons (Fsp3) is 0.200. The summed E-state index contributed by atoms with van der Waals surface area (Å²) in [4.78, 5) is 20.5. The SMILES string of the molecule is Cc1ccc(C2CN(C)C(=O)c3sc(-c4ccncc4)cc32)cc1. The number of pyridine rings is 1. The summed E-state index contributed by atoms with van der Waals surface area (Å²) in [6, 6.07) is 14.8. The van der Waals surface area contributed by atoms with Gasteiger partial charge in [-0.25, -0.2) is 0 Å². The molecule has 0 saturated heterocycles. The molecule has 0 spiro atoms. The minimum atomic E-state index is 0.124. The molecule has 1 aromatic carbocycles. The monoisotopic (exact) mass is 334 g/mol. The smallest absolute Gasteiger partial charge is 0.264 e. The maximum atomic E-state index is 12.6. The van der Waals surface area contributed by atoms with Crippen LogP contribution in [0.4, 0.5) is 0 Å². The Hall–Kier alpha value is -2.46. The average Bonchev–Trinajstić information content (AvgIpc) is 3.05. The predicted octanol–water partition coefficient (Wildman–Crippen LogP) is 4.34. The molecule has 0 N–H and O–H groups in total. The molecule has 1 amide bonds. The molecule has 120 valence electrons. The first-order valence-electron chi connectivity index (χ1n) is 7.99. The summed E-state index contributed by atoms with van der Waals surface area (Å²) in [6.07, 6.45) is 3.58. The van der Waals surface area contributed by atoms with E-state index in [0.29, 0.717) is 0 Å². The molecule has 3 nitrogen and oxygen atoms in total. The molecule has 4 heteroatoms. The third-order valence-corrected chi connectivity index (χ3v) is 5.77. The van der Waals surface area contributed by atoms with Crippen molar-refractivity contribution in [1.29, 1.82) is 0 Å². The Bertz CT molecular complexity index is 884. The second-order valence-electron chi connectivity index (χ2n) is 6.28. The molecule has 0 radical (unpaired) electrons. The van der Waals surface area contributed by atoms with Crippen molar-refractivity contribution in [3.8, 4) is 10.4 Å². The van der Waals surface area contributed by atoms with Crippen molar-refractivity contribution in [1.82, 2.24) is 9.88 Å². The topological polar surface area (TPSA) is 33.2 Å². The van der Waals surface area contributed by atoms with Gasteiger partial charge in [0, 0.05) is 36.8 Å². The summed E-state index contributed by atoms with van der Waals surface area (Å²) < 4.78 is 0. The zero-order chi connectivity index (χ0) is 16.7. The van der Waals surface area contributed by atoms with Gasteiger partial charge in [0.05, 0.1) is 4.88 Å². The molecule has 1 aliphatic rings. The Morgan fingerprint density at radius 3 is 2.54 bits per heavy atom. The Kier molecular flexibility index (Phi) is 3.69. The largest absolute Gasteiger partial charge is 0.340 e. The van der Waals surface area contributed by atoms with Crippen molar-refractivity contribution in [3.63, 3.8) is 0 Å². The van der Waals surface area contributed by atoms with Gasteiger partial charge in [0.2, 0.25) is 0 Å². The van der Waals surface area contributed by atoms with Crippen LogP contribution in [0.3, 0.4) is 0 Å². The predicted molar refractivity (Wildman–Crippen MR) is 97.5 cm³/mol. The highest BCUT2D eigenvalue weighted by atomic mass is 32.1. The molecular formula is C20H18N2OS. The van der Waals surface area contributed by atoms with Crippen molar-refractivity contribution < 1.29 is 4.79 Å². The second-order valence-corrected chi connectivity index (χ2v) is 7.33. The first-order valence-corrected chi connectivity index (χ1v) is 8.81. The van der Waals surface area contributed by atoms with Gasteiger partial charge in [-0.05, 0) is 41.8 Å². The van der Waals surface area contributed by atoms with Crippen LogP contribution in [0.25, 0.3) is 10.4 Å². The fourth-order valence-electron chi connectivity index (χ4n) is 3.20. The molecule has 1 unspecified atom stereocenters. The van der Waals surface area contributed by atoms with Gasteiger partial charge in [-0.2, -0.15) is 0 Å². The zero-order valence-corrected chi connectivity index (χ0v) is 14.5. The van der Waals surface area contributed by atoms with Crippen molar-refractivity contribution in [2.24, 2.45) is 0 Å². The summed E-state index contributed by atoms with van der Waals surface area (Å²) in [7, 11) is 1.89. The van der Waals surface area contributed by atoms with E-state index < -0.39 is 0 Å². The Morgan fingerprint density at radius 2 is 1.83 bits per heavy atom. The Morgan fingerprint density at radius 1 is 1.12 bits per heavy atom. The molecule has 3 heterocycles. The average molecular weight is 334 g/mol. The van der Waals surface area contributed by atoms with Gasteiger partial charge in [-0.1, -0.05) is 29.8 Å². The van der Waals surface area contributed by atoms with Gasteiger partial charge >= 0.3 is 0 Å².